The van der Waals surface area contributed by atoms with Crippen LogP contribution in [0.4, 0.5) is 5.69 Å². The molecule has 0 unspecified atom stereocenters. The summed E-state index contributed by atoms with van der Waals surface area (Å²) in [5.74, 6) is -0.109. The lowest BCUT2D eigenvalue weighted by Gasteiger charge is -2.07. The average Bonchev–Trinajstić information content (AvgIpc) is 2.61. The van der Waals surface area contributed by atoms with Crippen molar-refractivity contribution in [3.8, 4) is 11.1 Å². The summed E-state index contributed by atoms with van der Waals surface area (Å²) in [6.45, 7) is 0.484. The van der Waals surface area contributed by atoms with Crippen LogP contribution in [0, 0.1) is 12.1 Å². The molecule has 0 saturated carbocycles. The van der Waals surface area contributed by atoms with Crippen molar-refractivity contribution in [2.24, 2.45) is 0 Å². The molecule has 0 aliphatic carbocycles. The molecule has 3 N–H and O–H groups in total. The first-order valence-corrected chi connectivity index (χ1v) is 7.33. The number of amides is 1. The molecule has 3 heteroatoms. The van der Waals surface area contributed by atoms with Gasteiger partial charge in [-0.25, -0.2) is 0 Å². The summed E-state index contributed by atoms with van der Waals surface area (Å²) in [7, 11) is 0. The first kappa shape index (κ1) is 14.7. The normalized spacial score (nSPS) is 9.91. The van der Waals surface area contributed by atoms with Crippen LogP contribution in [0.3, 0.4) is 0 Å². The van der Waals surface area contributed by atoms with Gasteiger partial charge in [0.25, 0.3) is 5.91 Å². The lowest BCUT2D eigenvalue weighted by Crippen LogP contribution is -2.22. The predicted octanol–water partition coefficient (Wildman–Crippen LogP) is 3.47. The van der Waals surface area contributed by atoms with Crippen molar-refractivity contribution in [1.29, 1.82) is 0 Å². The largest absolute Gasteiger partial charge is 0.399 e. The van der Waals surface area contributed by atoms with Gasteiger partial charge in [-0.15, -0.1) is 0 Å². The minimum atomic E-state index is -0.109. The summed E-state index contributed by atoms with van der Waals surface area (Å²) in [6.07, 6.45) is 0. The topological polar surface area (TPSA) is 55.1 Å². The number of hydrogen-bond acceptors (Lipinski definition) is 2. The van der Waals surface area contributed by atoms with Gasteiger partial charge in [0.1, 0.15) is 0 Å². The molecule has 0 spiro atoms. The molecule has 0 radical (unpaired) electrons. The molecule has 0 bridgehead atoms. The fourth-order valence-electron chi connectivity index (χ4n) is 2.26. The van der Waals surface area contributed by atoms with Crippen molar-refractivity contribution in [3.05, 3.63) is 90.0 Å². The second-order valence-electron chi connectivity index (χ2n) is 5.22. The molecule has 0 fully saturated rings. The van der Waals surface area contributed by atoms with E-state index < -0.39 is 0 Å². The number of rotatable bonds is 4. The van der Waals surface area contributed by atoms with Crippen molar-refractivity contribution >= 4 is 11.6 Å². The van der Waals surface area contributed by atoms with Gasteiger partial charge in [0.2, 0.25) is 0 Å². The SMILES string of the molecule is Nc1ccc(C(=O)NCc2ccc(-c3cc#ccc3)cc2)cc1. The average molecular weight is 300 g/mol. The van der Waals surface area contributed by atoms with Gasteiger partial charge in [0.05, 0.1) is 0 Å². The summed E-state index contributed by atoms with van der Waals surface area (Å²) in [6, 6.07) is 26.5. The number of nitrogen functional groups attached to an aromatic ring is 1. The molecule has 0 heterocycles. The van der Waals surface area contributed by atoms with Crippen LogP contribution in [0.5, 0.6) is 0 Å². The molecule has 1 amide bonds. The smallest absolute Gasteiger partial charge is 0.251 e. The Bertz CT molecular complexity index is 778. The maximum atomic E-state index is 12.1. The number of carbonyl (C=O) groups is 1. The van der Waals surface area contributed by atoms with E-state index in [0.717, 1.165) is 16.7 Å². The molecule has 0 saturated heterocycles. The number of anilines is 1. The summed E-state index contributed by atoms with van der Waals surface area (Å²) < 4.78 is 0. The standard InChI is InChI=1S/C20H16N2O/c21-19-12-10-18(11-13-19)20(23)22-14-15-6-8-17(9-7-15)16-4-2-1-3-5-16/h2,4-13H,14,21H2,(H,22,23). The van der Waals surface area contributed by atoms with Crippen molar-refractivity contribution in [1.82, 2.24) is 5.32 Å². The Kier molecular flexibility index (Phi) is 4.26. The van der Waals surface area contributed by atoms with E-state index in [1.807, 2.05) is 42.5 Å². The Morgan fingerprint density at radius 2 is 1.65 bits per heavy atom. The third-order valence-corrected chi connectivity index (χ3v) is 3.57. The number of carbonyl (C=O) groups excluding carboxylic acids is 1. The van der Waals surface area contributed by atoms with Crippen molar-refractivity contribution in [2.75, 3.05) is 5.73 Å². The maximum Gasteiger partial charge on any atom is 0.251 e. The Balaban J connectivity index is 1.62. The highest BCUT2D eigenvalue weighted by Crippen LogP contribution is 2.18. The van der Waals surface area contributed by atoms with Gasteiger partial charge >= 0.3 is 0 Å². The number of hydrogen-bond donors (Lipinski definition) is 2. The van der Waals surface area contributed by atoms with Crippen molar-refractivity contribution in [2.45, 2.75) is 6.54 Å². The zero-order valence-corrected chi connectivity index (χ0v) is 12.5. The summed E-state index contributed by atoms with van der Waals surface area (Å²) in [4.78, 5) is 12.1. The molecule has 3 nitrogen and oxygen atoms in total. The Labute approximate surface area is 135 Å². The summed E-state index contributed by atoms with van der Waals surface area (Å²) in [5.41, 5.74) is 10.1. The predicted molar refractivity (Wildman–Crippen MR) is 91.6 cm³/mol. The highest BCUT2D eigenvalue weighted by molar-refractivity contribution is 5.94. The Hall–Kier alpha value is -3.25. The van der Waals surface area contributed by atoms with Crippen LogP contribution in [0.15, 0.2) is 66.7 Å². The molecule has 3 aromatic rings. The van der Waals surface area contributed by atoms with Crippen LogP contribution in [0.2, 0.25) is 0 Å². The van der Waals surface area contributed by atoms with E-state index in [4.69, 9.17) is 5.73 Å². The second kappa shape index (κ2) is 6.67. The van der Waals surface area contributed by atoms with Crippen LogP contribution >= 0.6 is 0 Å². The van der Waals surface area contributed by atoms with Gasteiger partial charge in [-0.05, 0) is 59.2 Å². The summed E-state index contributed by atoms with van der Waals surface area (Å²) in [5, 5.41) is 2.90. The highest BCUT2D eigenvalue weighted by atomic mass is 16.1. The van der Waals surface area contributed by atoms with Crippen LogP contribution in [-0.4, -0.2) is 5.91 Å². The van der Waals surface area contributed by atoms with Gasteiger partial charge < -0.3 is 11.1 Å². The van der Waals surface area contributed by atoms with Gasteiger partial charge in [0, 0.05) is 17.8 Å². The van der Waals surface area contributed by atoms with Gasteiger partial charge in [-0.3, -0.25) is 4.79 Å². The Morgan fingerprint density at radius 3 is 2.30 bits per heavy atom. The lowest BCUT2D eigenvalue weighted by molar-refractivity contribution is 0.0951. The number of nitrogens with two attached hydrogens (primary N) is 1. The fraction of sp³-hybridized carbons (Fsp3) is 0.0500. The van der Waals surface area contributed by atoms with E-state index in [0.29, 0.717) is 17.8 Å². The van der Waals surface area contributed by atoms with Crippen LogP contribution < -0.4 is 11.1 Å². The molecular formula is C20H16N2O. The van der Waals surface area contributed by atoms with Gasteiger partial charge in [0.15, 0.2) is 0 Å². The van der Waals surface area contributed by atoms with Gasteiger partial charge in [-0.2, -0.15) is 0 Å². The fourth-order valence-corrected chi connectivity index (χ4v) is 2.26. The van der Waals surface area contributed by atoms with Crippen LogP contribution in [0.25, 0.3) is 11.1 Å². The minimum Gasteiger partial charge on any atom is -0.399 e. The van der Waals surface area contributed by atoms with Crippen molar-refractivity contribution < 1.29 is 4.79 Å². The first-order valence-electron chi connectivity index (χ1n) is 7.33. The zero-order chi connectivity index (χ0) is 16.1. The molecule has 0 aliphatic rings. The molecule has 3 rings (SSSR count). The summed E-state index contributed by atoms with van der Waals surface area (Å²) >= 11 is 0. The highest BCUT2D eigenvalue weighted by Gasteiger charge is 2.05. The lowest BCUT2D eigenvalue weighted by atomic mass is 10.0. The molecule has 112 valence electrons. The molecule has 23 heavy (non-hydrogen) atoms. The van der Waals surface area contributed by atoms with Crippen LogP contribution in [0.1, 0.15) is 15.9 Å². The third kappa shape index (κ3) is 3.69. The number of benzene rings is 2. The Morgan fingerprint density at radius 1 is 0.913 bits per heavy atom. The molecular weight excluding hydrogens is 284 g/mol. The van der Waals surface area contributed by atoms with E-state index in [1.165, 1.54) is 0 Å². The van der Waals surface area contributed by atoms with Gasteiger partial charge in [-0.1, -0.05) is 36.4 Å². The van der Waals surface area contributed by atoms with Crippen LogP contribution in [-0.2, 0) is 6.54 Å². The quantitative estimate of drug-likeness (QED) is 0.725. The van der Waals surface area contributed by atoms with Crippen molar-refractivity contribution in [3.63, 3.8) is 0 Å². The van der Waals surface area contributed by atoms with E-state index in [-0.39, 0.29) is 5.91 Å². The molecule has 0 aliphatic heterocycles. The minimum absolute atomic E-state index is 0.109. The molecule has 0 aromatic heterocycles. The number of nitrogens with one attached hydrogen (secondary N) is 1. The van der Waals surface area contributed by atoms with E-state index in [1.54, 1.807) is 24.3 Å². The zero-order valence-electron chi connectivity index (χ0n) is 12.5. The molecule has 3 aromatic carbocycles. The maximum absolute atomic E-state index is 12.1. The van der Waals surface area contributed by atoms with E-state index in [9.17, 15) is 4.79 Å². The monoisotopic (exact) mass is 300 g/mol. The third-order valence-electron chi connectivity index (χ3n) is 3.57. The second-order valence-corrected chi connectivity index (χ2v) is 5.22. The molecule has 0 atom stereocenters. The van der Waals surface area contributed by atoms with E-state index >= 15 is 0 Å². The van der Waals surface area contributed by atoms with E-state index in [2.05, 4.69) is 17.4 Å². The first-order chi connectivity index (χ1) is 11.2.